The second-order valence-corrected chi connectivity index (χ2v) is 7.24. The molecule has 0 radical (unpaired) electrons. The van der Waals surface area contributed by atoms with Gasteiger partial charge in [-0.1, -0.05) is 62.4 Å². The fourth-order valence-corrected chi connectivity index (χ4v) is 3.49. The lowest BCUT2D eigenvalue weighted by Gasteiger charge is -2.20. The van der Waals surface area contributed by atoms with E-state index in [1.54, 1.807) is 0 Å². The number of fused-ring (bicyclic) bond motifs is 2. The summed E-state index contributed by atoms with van der Waals surface area (Å²) in [6.45, 7) is 3.95. The minimum Gasteiger partial charge on any atom is -0.467 e. The molecule has 140 valence electrons. The van der Waals surface area contributed by atoms with Gasteiger partial charge < -0.3 is 10.1 Å². The molecular formula is C23H25NO3. The lowest BCUT2D eigenvalue weighted by Crippen LogP contribution is -2.43. The van der Waals surface area contributed by atoms with Gasteiger partial charge in [-0.15, -0.1) is 0 Å². The number of carbonyl (C=O) groups is 2. The predicted molar refractivity (Wildman–Crippen MR) is 109 cm³/mol. The summed E-state index contributed by atoms with van der Waals surface area (Å²) in [5.41, 5.74) is 1.05. The fraction of sp³-hybridized carbons (Fsp3) is 0.304. The monoisotopic (exact) mass is 363 g/mol. The summed E-state index contributed by atoms with van der Waals surface area (Å²) in [5.74, 6) is -0.337. The second-order valence-electron chi connectivity index (χ2n) is 7.24. The summed E-state index contributed by atoms with van der Waals surface area (Å²) in [7, 11) is 1.35. The average Bonchev–Trinajstić information content (AvgIpc) is 2.65. The van der Waals surface area contributed by atoms with Gasteiger partial charge in [0.15, 0.2) is 0 Å². The number of nitrogens with one attached hydrogen (secondary N) is 1. The van der Waals surface area contributed by atoms with Crippen molar-refractivity contribution < 1.29 is 14.3 Å². The van der Waals surface area contributed by atoms with Gasteiger partial charge in [0.2, 0.25) is 5.91 Å². The van der Waals surface area contributed by atoms with Gasteiger partial charge in [-0.25, -0.2) is 4.79 Å². The van der Waals surface area contributed by atoms with E-state index in [0.717, 1.165) is 27.1 Å². The lowest BCUT2D eigenvalue weighted by atomic mass is 9.92. The summed E-state index contributed by atoms with van der Waals surface area (Å²) in [6, 6.07) is 17.7. The van der Waals surface area contributed by atoms with Gasteiger partial charge in [0.25, 0.3) is 0 Å². The highest BCUT2D eigenvalue weighted by Crippen LogP contribution is 2.29. The van der Waals surface area contributed by atoms with Crippen molar-refractivity contribution in [3.63, 3.8) is 0 Å². The third-order valence-electron chi connectivity index (χ3n) is 4.71. The Morgan fingerprint density at radius 1 is 0.963 bits per heavy atom. The molecule has 0 aliphatic carbocycles. The first-order valence-corrected chi connectivity index (χ1v) is 9.26. The molecule has 0 saturated heterocycles. The van der Waals surface area contributed by atoms with E-state index in [9.17, 15) is 9.59 Å². The number of hydrogen-bond acceptors (Lipinski definition) is 3. The maximum Gasteiger partial charge on any atom is 0.328 e. The Morgan fingerprint density at radius 3 is 2.04 bits per heavy atom. The first-order chi connectivity index (χ1) is 13.0. The molecule has 0 bridgehead atoms. The van der Waals surface area contributed by atoms with E-state index in [0.29, 0.717) is 12.8 Å². The summed E-state index contributed by atoms with van der Waals surface area (Å²) >= 11 is 0. The Hall–Kier alpha value is -2.88. The number of amides is 1. The number of benzene rings is 3. The minimum absolute atomic E-state index is 0.134. The number of hydrogen-bond donors (Lipinski definition) is 1. The maximum absolute atomic E-state index is 12.4. The molecular weight excluding hydrogens is 338 g/mol. The molecule has 0 aromatic heterocycles. The highest BCUT2D eigenvalue weighted by atomic mass is 16.5. The van der Waals surface area contributed by atoms with Gasteiger partial charge in [-0.2, -0.15) is 0 Å². The zero-order valence-corrected chi connectivity index (χ0v) is 16.0. The normalized spacial score (nSPS) is 12.3. The zero-order valence-electron chi connectivity index (χ0n) is 16.0. The van der Waals surface area contributed by atoms with E-state index in [1.807, 2.05) is 38.1 Å². The van der Waals surface area contributed by atoms with Crippen LogP contribution in [0.4, 0.5) is 0 Å². The molecule has 0 spiro atoms. The highest BCUT2D eigenvalue weighted by molar-refractivity contribution is 6.02. The van der Waals surface area contributed by atoms with Crippen LogP contribution < -0.4 is 5.32 Å². The van der Waals surface area contributed by atoms with E-state index < -0.39 is 12.0 Å². The smallest absolute Gasteiger partial charge is 0.328 e. The number of ether oxygens (including phenoxy) is 1. The van der Waals surface area contributed by atoms with Crippen LogP contribution >= 0.6 is 0 Å². The summed E-state index contributed by atoms with van der Waals surface area (Å²) in [6.07, 6.45) is 0.766. The van der Waals surface area contributed by atoms with Crippen LogP contribution in [-0.2, 0) is 20.7 Å². The Morgan fingerprint density at radius 2 is 1.52 bits per heavy atom. The van der Waals surface area contributed by atoms with Crippen LogP contribution in [0.5, 0.6) is 0 Å². The van der Waals surface area contributed by atoms with E-state index in [-0.39, 0.29) is 11.8 Å². The van der Waals surface area contributed by atoms with Gasteiger partial charge in [0, 0.05) is 12.8 Å². The minimum atomic E-state index is -0.713. The first kappa shape index (κ1) is 18.9. The molecule has 0 fully saturated rings. The first-order valence-electron chi connectivity index (χ1n) is 9.26. The van der Waals surface area contributed by atoms with Crippen molar-refractivity contribution in [2.24, 2.45) is 5.92 Å². The summed E-state index contributed by atoms with van der Waals surface area (Å²) in [5, 5.41) is 7.26. The predicted octanol–water partition coefficient (Wildman–Crippen LogP) is 4.24. The van der Waals surface area contributed by atoms with Crippen LogP contribution in [0.1, 0.15) is 25.8 Å². The van der Waals surface area contributed by atoms with Crippen molar-refractivity contribution in [1.82, 2.24) is 5.32 Å². The molecule has 27 heavy (non-hydrogen) atoms. The van der Waals surface area contributed by atoms with E-state index in [1.165, 1.54) is 7.11 Å². The number of rotatable bonds is 6. The maximum atomic E-state index is 12.4. The Labute approximate surface area is 159 Å². The molecule has 3 aromatic rings. The molecule has 0 aliphatic heterocycles. The van der Waals surface area contributed by atoms with Crippen molar-refractivity contribution in [1.29, 1.82) is 0 Å². The van der Waals surface area contributed by atoms with Crippen LogP contribution in [0.25, 0.3) is 21.5 Å². The average molecular weight is 363 g/mol. The van der Waals surface area contributed by atoms with Gasteiger partial charge in [-0.3, -0.25) is 4.79 Å². The highest BCUT2D eigenvalue weighted by Gasteiger charge is 2.24. The summed E-state index contributed by atoms with van der Waals surface area (Å²) < 4.78 is 4.96. The second kappa shape index (κ2) is 8.21. The van der Waals surface area contributed by atoms with Crippen molar-refractivity contribution in [3.05, 3.63) is 60.2 Å². The zero-order chi connectivity index (χ0) is 19.4. The topological polar surface area (TPSA) is 55.4 Å². The Bertz CT molecular complexity index is 924. The number of methoxy groups -OCH3 is 1. The molecule has 1 N–H and O–H groups in total. The van der Waals surface area contributed by atoms with Gasteiger partial charge in [-0.05, 0) is 39.1 Å². The molecule has 1 amide bonds. The van der Waals surface area contributed by atoms with Crippen molar-refractivity contribution in [2.75, 3.05) is 7.11 Å². The third-order valence-corrected chi connectivity index (χ3v) is 4.71. The van der Waals surface area contributed by atoms with E-state index in [4.69, 9.17) is 4.74 Å². The molecule has 0 aliphatic rings. The Balaban J connectivity index is 2.05. The van der Waals surface area contributed by atoms with E-state index in [2.05, 4.69) is 35.6 Å². The molecule has 3 rings (SSSR count). The molecule has 3 aromatic carbocycles. The van der Waals surface area contributed by atoms with Crippen LogP contribution in [0.15, 0.2) is 54.6 Å². The van der Waals surface area contributed by atoms with Crippen LogP contribution in [0, 0.1) is 5.92 Å². The molecule has 4 heteroatoms. The lowest BCUT2D eigenvalue weighted by molar-refractivity contribution is -0.145. The molecule has 1 atom stereocenters. The van der Waals surface area contributed by atoms with Gasteiger partial charge in [0.05, 0.1) is 7.11 Å². The number of carbonyl (C=O) groups excluding carboxylic acids is 2. The van der Waals surface area contributed by atoms with Crippen molar-refractivity contribution >= 4 is 33.4 Å². The SMILES string of the molecule is COC(=O)[C@H](Cc1c2ccccc2cc2ccccc12)NC(=O)CC(C)C. The third kappa shape index (κ3) is 4.27. The Kier molecular flexibility index (Phi) is 5.75. The van der Waals surface area contributed by atoms with E-state index >= 15 is 0 Å². The largest absolute Gasteiger partial charge is 0.467 e. The molecule has 0 heterocycles. The van der Waals surface area contributed by atoms with Crippen LogP contribution in [0.2, 0.25) is 0 Å². The van der Waals surface area contributed by atoms with Gasteiger partial charge >= 0.3 is 5.97 Å². The molecule has 0 unspecified atom stereocenters. The number of esters is 1. The quantitative estimate of drug-likeness (QED) is 0.526. The van der Waals surface area contributed by atoms with Gasteiger partial charge in [0.1, 0.15) is 6.04 Å². The van der Waals surface area contributed by atoms with Crippen molar-refractivity contribution in [3.8, 4) is 0 Å². The molecule has 0 saturated carbocycles. The standard InChI is InChI=1S/C23H25NO3/c1-15(2)12-22(25)24-21(23(26)27-3)14-20-18-10-6-4-8-16(18)13-17-9-5-7-11-19(17)20/h4-11,13,15,21H,12,14H2,1-3H3,(H,24,25)/t21-/m0/s1. The van der Waals surface area contributed by atoms with Crippen molar-refractivity contribution in [2.45, 2.75) is 32.7 Å². The fourth-order valence-electron chi connectivity index (χ4n) is 3.49. The van der Waals surface area contributed by atoms with Crippen LogP contribution in [-0.4, -0.2) is 25.0 Å². The van der Waals surface area contributed by atoms with Crippen LogP contribution in [0.3, 0.4) is 0 Å². The summed E-state index contributed by atoms with van der Waals surface area (Å²) in [4.78, 5) is 24.7. The molecule has 4 nitrogen and oxygen atoms in total.